The van der Waals surface area contributed by atoms with E-state index in [-0.39, 0.29) is 23.1 Å². The fourth-order valence-corrected chi connectivity index (χ4v) is 5.87. The summed E-state index contributed by atoms with van der Waals surface area (Å²) in [5.41, 5.74) is 2.77. The molecule has 1 unspecified atom stereocenters. The van der Waals surface area contributed by atoms with E-state index in [2.05, 4.69) is 33.0 Å². The highest BCUT2D eigenvalue weighted by atomic mass is 16.5. The number of pyridine rings is 1. The molecule has 0 aromatic carbocycles. The average molecular weight is 481 g/mol. The Labute approximate surface area is 206 Å². The summed E-state index contributed by atoms with van der Waals surface area (Å²) in [6.07, 6.45) is 9.40. The normalized spacial score (nSPS) is 23.8. The van der Waals surface area contributed by atoms with Gasteiger partial charge < -0.3 is 20.7 Å². The van der Waals surface area contributed by atoms with Crippen LogP contribution < -0.4 is 16.0 Å². The maximum Gasteiger partial charge on any atom is 0.270 e. The first-order valence-electron chi connectivity index (χ1n) is 12.9. The molecule has 1 aliphatic carbocycles. The maximum atomic E-state index is 13.5. The van der Waals surface area contributed by atoms with Crippen molar-refractivity contribution in [3.8, 4) is 0 Å². The highest BCUT2D eigenvalue weighted by Crippen LogP contribution is 2.43. The summed E-state index contributed by atoms with van der Waals surface area (Å²) in [7, 11) is 0. The van der Waals surface area contributed by atoms with Crippen molar-refractivity contribution in [2.75, 3.05) is 30.4 Å². The molecule has 2 aliphatic heterocycles. The molecule has 0 bridgehead atoms. The lowest BCUT2D eigenvalue weighted by molar-refractivity contribution is -0.119. The van der Waals surface area contributed by atoms with Crippen LogP contribution in [0.5, 0.6) is 0 Å². The Hall–Kier alpha value is -2.94. The van der Waals surface area contributed by atoms with E-state index in [1.54, 1.807) is 16.9 Å². The second-order valence-corrected chi connectivity index (χ2v) is 10.4. The lowest BCUT2D eigenvalue weighted by Gasteiger charge is -2.33. The first-order chi connectivity index (χ1) is 17.0. The summed E-state index contributed by atoms with van der Waals surface area (Å²) in [6.45, 7) is 7.17. The minimum absolute atomic E-state index is 0.0701. The Bertz CT molecular complexity index is 1070. The molecule has 3 N–H and O–H groups in total. The summed E-state index contributed by atoms with van der Waals surface area (Å²) in [5.74, 6) is 0.757. The number of ether oxygens (including phenoxy) is 1. The van der Waals surface area contributed by atoms with Gasteiger partial charge in [0, 0.05) is 61.4 Å². The number of fused-ring (bicyclic) bond motifs is 2. The van der Waals surface area contributed by atoms with Crippen molar-refractivity contribution in [2.24, 2.45) is 11.8 Å². The largest absolute Gasteiger partial charge is 0.384 e. The molecule has 188 valence electrons. The molecule has 2 fully saturated rings. The summed E-state index contributed by atoms with van der Waals surface area (Å²) in [5, 5.41) is 13.7. The number of carbonyl (C=O) groups is 2. The smallest absolute Gasteiger partial charge is 0.270 e. The molecular weight excluding hydrogens is 444 g/mol. The van der Waals surface area contributed by atoms with Gasteiger partial charge in [0.2, 0.25) is 5.91 Å². The molecule has 0 radical (unpaired) electrons. The van der Waals surface area contributed by atoms with Gasteiger partial charge in [0.05, 0.1) is 0 Å². The van der Waals surface area contributed by atoms with Crippen molar-refractivity contribution in [1.82, 2.24) is 20.1 Å². The number of amides is 2. The second-order valence-electron chi connectivity index (χ2n) is 10.4. The minimum atomic E-state index is -0.625. The molecule has 1 atom stereocenters. The van der Waals surface area contributed by atoms with Gasteiger partial charge in [-0.1, -0.05) is 19.8 Å². The van der Waals surface area contributed by atoms with Crippen molar-refractivity contribution >= 4 is 23.3 Å². The molecule has 3 aliphatic rings. The van der Waals surface area contributed by atoms with Gasteiger partial charge in [-0.3, -0.25) is 14.3 Å². The van der Waals surface area contributed by atoms with E-state index in [0.29, 0.717) is 24.0 Å². The number of rotatable bonds is 6. The minimum Gasteiger partial charge on any atom is -0.384 e. The van der Waals surface area contributed by atoms with Crippen molar-refractivity contribution < 1.29 is 14.3 Å². The monoisotopic (exact) mass is 480 g/mol. The van der Waals surface area contributed by atoms with Crippen LogP contribution in [0.4, 0.5) is 11.5 Å². The Morgan fingerprint density at radius 3 is 2.77 bits per heavy atom. The van der Waals surface area contributed by atoms with E-state index < -0.39 is 6.04 Å². The highest BCUT2D eigenvalue weighted by Gasteiger charge is 2.41. The van der Waals surface area contributed by atoms with Gasteiger partial charge in [-0.25, -0.2) is 4.98 Å². The lowest BCUT2D eigenvalue weighted by Crippen LogP contribution is -2.49. The van der Waals surface area contributed by atoms with Crippen LogP contribution in [0.25, 0.3) is 0 Å². The zero-order valence-corrected chi connectivity index (χ0v) is 20.7. The van der Waals surface area contributed by atoms with E-state index in [1.807, 2.05) is 19.2 Å². The predicted molar refractivity (Wildman–Crippen MR) is 133 cm³/mol. The number of carbonyl (C=O) groups excluding carboxylic acids is 2. The van der Waals surface area contributed by atoms with Crippen LogP contribution in [0.15, 0.2) is 24.5 Å². The summed E-state index contributed by atoms with van der Waals surface area (Å²) in [6, 6.07) is 2.99. The Morgan fingerprint density at radius 2 is 2.03 bits per heavy atom. The van der Waals surface area contributed by atoms with Crippen LogP contribution in [0.1, 0.15) is 68.4 Å². The number of anilines is 2. The molecular formula is C26H36N6O3. The summed E-state index contributed by atoms with van der Waals surface area (Å²) in [4.78, 5) is 31.2. The van der Waals surface area contributed by atoms with Gasteiger partial charge in [0.1, 0.15) is 17.6 Å². The molecule has 1 spiro atoms. The van der Waals surface area contributed by atoms with E-state index in [4.69, 9.17) is 4.74 Å². The number of nitrogens with zero attached hydrogens (tertiary/aromatic N) is 3. The summed E-state index contributed by atoms with van der Waals surface area (Å²) >= 11 is 0. The molecule has 2 aromatic rings. The van der Waals surface area contributed by atoms with Crippen LogP contribution in [-0.4, -0.2) is 52.4 Å². The van der Waals surface area contributed by atoms with Crippen molar-refractivity contribution in [3.05, 3.63) is 35.8 Å². The Balaban J connectivity index is 1.33. The molecule has 1 saturated carbocycles. The van der Waals surface area contributed by atoms with Crippen molar-refractivity contribution in [2.45, 2.75) is 70.4 Å². The van der Waals surface area contributed by atoms with Gasteiger partial charge in [-0.05, 0) is 50.5 Å². The topological polar surface area (TPSA) is 110 Å². The van der Waals surface area contributed by atoms with Crippen LogP contribution in [0, 0.1) is 11.8 Å². The lowest BCUT2D eigenvalue weighted by atomic mass is 9.76. The van der Waals surface area contributed by atoms with Crippen molar-refractivity contribution in [3.63, 3.8) is 0 Å². The number of aryl methyl sites for hydroxylation is 1. The number of aromatic nitrogens is 3. The predicted octanol–water partition coefficient (Wildman–Crippen LogP) is 3.34. The fourth-order valence-electron chi connectivity index (χ4n) is 5.87. The van der Waals surface area contributed by atoms with Crippen LogP contribution in [0.3, 0.4) is 0 Å². The quantitative estimate of drug-likeness (QED) is 0.585. The van der Waals surface area contributed by atoms with Gasteiger partial charge in [0.25, 0.3) is 5.91 Å². The first kappa shape index (κ1) is 23.8. The van der Waals surface area contributed by atoms with E-state index >= 15 is 0 Å². The van der Waals surface area contributed by atoms with Gasteiger partial charge in [0.15, 0.2) is 0 Å². The van der Waals surface area contributed by atoms with E-state index in [9.17, 15) is 9.59 Å². The van der Waals surface area contributed by atoms with Crippen LogP contribution in [-0.2, 0) is 21.5 Å². The first-order valence-corrected chi connectivity index (χ1v) is 12.9. The molecule has 9 nitrogen and oxygen atoms in total. The van der Waals surface area contributed by atoms with Crippen LogP contribution in [0.2, 0.25) is 0 Å². The second kappa shape index (κ2) is 9.97. The third kappa shape index (κ3) is 4.78. The molecule has 2 aromatic heterocycles. The Kier molecular flexibility index (Phi) is 6.77. The molecule has 2 amide bonds. The van der Waals surface area contributed by atoms with E-state index in [1.165, 1.54) is 5.56 Å². The molecule has 5 rings (SSSR count). The van der Waals surface area contributed by atoms with E-state index in [0.717, 1.165) is 64.0 Å². The molecule has 9 heteroatoms. The van der Waals surface area contributed by atoms with Gasteiger partial charge in [-0.15, -0.1) is 0 Å². The summed E-state index contributed by atoms with van der Waals surface area (Å²) < 4.78 is 7.21. The number of hydrogen-bond donors (Lipinski definition) is 3. The Morgan fingerprint density at radius 1 is 1.26 bits per heavy atom. The third-order valence-corrected chi connectivity index (χ3v) is 8.14. The standard InChI is InChI=1S/C26H36N6O3/c1-3-32-21(8-11-29-32)24(33)31-23(18-6-4-17(2)5-7-18)25(34)30-22-14-20-19(15-27-22)26(16-28-20)9-12-35-13-10-26/h8,11,14-15,17-18,23,28H,3-7,9-10,12-13,16H2,1-2H3,(H,31,33)(H,27,30,34). The molecule has 35 heavy (non-hydrogen) atoms. The highest BCUT2D eigenvalue weighted by molar-refractivity contribution is 6.00. The fraction of sp³-hybridized carbons (Fsp3) is 0.615. The number of nitrogens with one attached hydrogen (secondary N) is 3. The zero-order chi connectivity index (χ0) is 24.4. The zero-order valence-electron chi connectivity index (χ0n) is 20.7. The molecule has 4 heterocycles. The van der Waals surface area contributed by atoms with Crippen LogP contribution >= 0.6 is 0 Å². The SMILES string of the molecule is CCn1nccc1C(=O)NC(C(=O)Nc1cc2c(cn1)C1(CCOCC1)CN2)C1CCC(C)CC1. The van der Waals surface area contributed by atoms with Gasteiger partial charge >= 0.3 is 0 Å². The van der Waals surface area contributed by atoms with Gasteiger partial charge in [-0.2, -0.15) is 5.10 Å². The molecule has 1 saturated heterocycles. The number of hydrogen-bond acceptors (Lipinski definition) is 6. The third-order valence-electron chi connectivity index (χ3n) is 8.14. The maximum absolute atomic E-state index is 13.5. The van der Waals surface area contributed by atoms with Crippen molar-refractivity contribution in [1.29, 1.82) is 0 Å². The average Bonchev–Trinajstić information content (AvgIpc) is 3.49.